The van der Waals surface area contributed by atoms with Crippen LogP contribution in [0.25, 0.3) is 0 Å². The third-order valence-corrected chi connectivity index (χ3v) is 1.85. The van der Waals surface area contributed by atoms with Crippen molar-refractivity contribution in [2.45, 2.75) is 13.3 Å². The summed E-state index contributed by atoms with van der Waals surface area (Å²) < 4.78 is 0. The van der Waals surface area contributed by atoms with Crippen LogP contribution in [-0.4, -0.2) is 6.29 Å². The smallest absolute Gasteiger partial charge is 0.872 e. The van der Waals surface area contributed by atoms with E-state index in [2.05, 4.69) is 0 Å². The summed E-state index contributed by atoms with van der Waals surface area (Å²) in [7, 11) is 0. The topological polar surface area (TPSA) is 40.1 Å². The second-order valence-electron chi connectivity index (χ2n) is 2.71. The minimum absolute atomic E-state index is 0. The molecule has 2 nitrogen and oxygen atoms in total. The molecule has 0 N–H and O–H groups in total. The van der Waals surface area contributed by atoms with Crippen molar-refractivity contribution in [3.63, 3.8) is 0 Å². The summed E-state index contributed by atoms with van der Waals surface area (Å²) in [6.45, 7) is 1.88. The van der Waals surface area contributed by atoms with Crippen LogP contribution in [0.3, 0.4) is 0 Å². The van der Waals surface area contributed by atoms with Gasteiger partial charge in [0.15, 0.2) is 0 Å². The molecular formula is C11H11NaO2. The van der Waals surface area contributed by atoms with Gasteiger partial charge in [0, 0.05) is 5.56 Å². The van der Waals surface area contributed by atoms with Gasteiger partial charge in [-0.05, 0) is 18.9 Å². The third kappa shape index (κ3) is 3.29. The molecule has 0 atom stereocenters. The summed E-state index contributed by atoms with van der Waals surface area (Å²) in [5.74, 6) is -0.0669. The quantitative estimate of drug-likeness (QED) is 0.344. The van der Waals surface area contributed by atoms with Crippen LogP contribution in [0.4, 0.5) is 0 Å². The normalized spacial score (nSPS) is 9.79. The fraction of sp³-hybridized carbons (Fsp3) is 0.182. The summed E-state index contributed by atoms with van der Waals surface area (Å²) in [6.07, 6.45) is 4.98. The SMILES string of the molecule is CC=CCc1c([O-])cccc1C=O.[Na+]. The zero-order chi connectivity index (χ0) is 9.68. The van der Waals surface area contributed by atoms with Crippen molar-refractivity contribution in [2.75, 3.05) is 0 Å². The van der Waals surface area contributed by atoms with Crippen LogP contribution in [0.5, 0.6) is 5.75 Å². The summed E-state index contributed by atoms with van der Waals surface area (Å²) in [6, 6.07) is 4.74. The van der Waals surface area contributed by atoms with E-state index >= 15 is 0 Å². The Morgan fingerprint density at radius 1 is 1.43 bits per heavy atom. The van der Waals surface area contributed by atoms with Crippen molar-refractivity contribution < 1.29 is 39.5 Å². The fourth-order valence-corrected chi connectivity index (χ4v) is 1.15. The second-order valence-corrected chi connectivity index (χ2v) is 2.71. The average molecular weight is 198 g/mol. The first-order valence-corrected chi connectivity index (χ1v) is 4.15. The van der Waals surface area contributed by atoms with Gasteiger partial charge in [0.25, 0.3) is 0 Å². The van der Waals surface area contributed by atoms with Crippen LogP contribution in [0.2, 0.25) is 0 Å². The maximum Gasteiger partial charge on any atom is 1.00 e. The average Bonchev–Trinajstić information content (AvgIpc) is 2.15. The molecule has 0 saturated carbocycles. The van der Waals surface area contributed by atoms with Gasteiger partial charge in [0.05, 0.1) is 0 Å². The molecule has 0 radical (unpaired) electrons. The molecule has 0 aromatic heterocycles. The molecule has 0 fully saturated rings. The number of hydrogen-bond donors (Lipinski definition) is 0. The molecule has 1 aromatic carbocycles. The minimum Gasteiger partial charge on any atom is -0.872 e. The van der Waals surface area contributed by atoms with E-state index < -0.39 is 0 Å². The van der Waals surface area contributed by atoms with E-state index in [1.165, 1.54) is 6.07 Å². The summed E-state index contributed by atoms with van der Waals surface area (Å²) in [4.78, 5) is 10.6. The Hall–Kier alpha value is -0.570. The molecule has 0 bridgehead atoms. The maximum absolute atomic E-state index is 11.3. The Morgan fingerprint density at radius 2 is 2.14 bits per heavy atom. The molecule has 0 spiro atoms. The van der Waals surface area contributed by atoms with Crippen molar-refractivity contribution >= 4 is 6.29 Å². The number of carbonyl (C=O) groups is 1. The molecule has 0 aliphatic carbocycles. The van der Waals surface area contributed by atoms with E-state index in [-0.39, 0.29) is 35.3 Å². The number of hydrogen-bond acceptors (Lipinski definition) is 2. The van der Waals surface area contributed by atoms with Crippen LogP contribution in [-0.2, 0) is 6.42 Å². The van der Waals surface area contributed by atoms with Crippen LogP contribution in [0, 0.1) is 0 Å². The molecule has 0 amide bonds. The Balaban J connectivity index is 0.00000169. The number of carbonyl (C=O) groups excluding carboxylic acids is 1. The Labute approximate surface area is 106 Å². The first kappa shape index (κ1) is 13.4. The van der Waals surface area contributed by atoms with E-state index in [1.807, 2.05) is 19.1 Å². The summed E-state index contributed by atoms with van der Waals surface area (Å²) in [5, 5.41) is 11.3. The van der Waals surface area contributed by atoms with Crippen molar-refractivity contribution in [1.29, 1.82) is 0 Å². The van der Waals surface area contributed by atoms with E-state index in [9.17, 15) is 9.90 Å². The zero-order valence-corrected chi connectivity index (χ0v) is 10.5. The number of aldehydes is 1. The van der Waals surface area contributed by atoms with Gasteiger partial charge >= 0.3 is 29.6 Å². The molecule has 0 saturated heterocycles. The van der Waals surface area contributed by atoms with Crippen LogP contribution >= 0.6 is 0 Å². The standard InChI is InChI=1S/C11H12O2.Na/c1-2-3-6-10-9(8-12)5-4-7-11(10)13;/h2-5,7-8,13H,6H2,1H3;/q;+1/p-1. The van der Waals surface area contributed by atoms with Gasteiger partial charge in [-0.25, -0.2) is 0 Å². The second kappa shape index (κ2) is 6.82. The van der Waals surface area contributed by atoms with E-state index in [4.69, 9.17) is 0 Å². The monoisotopic (exact) mass is 198 g/mol. The van der Waals surface area contributed by atoms with E-state index in [0.29, 0.717) is 17.5 Å². The Morgan fingerprint density at radius 3 is 2.71 bits per heavy atom. The molecule has 0 aliphatic rings. The molecular weight excluding hydrogens is 187 g/mol. The van der Waals surface area contributed by atoms with Gasteiger partial charge in [-0.1, -0.05) is 30.4 Å². The molecule has 0 heterocycles. The number of allylic oxidation sites excluding steroid dienone is 2. The first-order chi connectivity index (χ1) is 6.29. The largest absolute Gasteiger partial charge is 1.00 e. The molecule has 0 unspecified atom stereocenters. The Kier molecular flexibility index (Phi) is 6.54. The summed E-state index contributed by atoms with van der Waals surface area (Å²) in [5.41, 5.74) is 1.07. The predicted octanol–water partition coefficient (Wildman–Crippen LogP) is -1.30. The van der Waals surface area contributed by atoms with Crippen LogP contribution in [0.1, 0.15) is 22.8 Å². The van der Waals surface area contributed by atoms with Crippen LogP contribution in [0.15, 0.2) is 30.4 Å². The Bertz CT molecular complexity index is 332. The zero-order valence-electron chi connectivity index (χ0n) is 8.49. The number of rotatable bonds is 3. The van der Waals surface area contributed by atoms with Crippen molar-refractivity contribution in [3.05, 3.63) is 41.5 Å². The molecule has 1 aromatic rings. The van der Waals surface area contributed by atoms with Gasteiger partial charge in [0.2, 0.25) is 0 Å². The number of benzene rings is 1. The van der Waals surface area contributed by atoms with Crippen molar-refractivity contribution in [2.24, 2.45) is 0 Å². The van der Waals surface area contributed by atoms with Gasteiger partial charge < -0.3 is 5.11 Å². The van der Waals surface area contributed by atoms with Crippen LogP contribution < -0.4 is 34.7 Å². The van der Waals surface area contributed by atoms with Gasteiger partial charge in [0.1, 0.15) is 6.29 Å². The molecule has 1 rings (SSSR count). The fourth-order valence-electron chi connectivity index (χ4n) is 1.15. The van der Waals surface area contributed by atoms with Gasteiger partial charge in [-0.3, -0.25) is 4.79 Å². The molecule has 68 valence electrons. The van der Waals surface area contributed by atoms with E-state index in [0.717, 1.165) is 6.29 Å². The minimum atomic E-state index is -0.0669. The third-order valence-electron chi connectivity index (χ3n) is 1.85. The molecule has 0 aliphatic heterocycles. The van der Waals surface area contributed by atoms with Crippen molar-refractivity contribution in [3.8, 4) is 5.75 Å². The first-order valence-electron chi connectivity index (χ1n) is 4.15. The van der Waals surface area contributed by atoms with E-state index in [1.54, 1.807) is 12.1 Å². The maximum atomic E-state index is 11.3. The molecule has 3 heteroatoms. The van der Waals surface area contributed by atoms with Gasteiger partial charge in [-0.15, -0.1) is 5.75 Å². The predicted molar refractivity (Wildman–Crippen MR) is 49.8 cm³/mol. The van der Waals surface area contributed by atoms with Gasteiger partial charge in [-0.2, -0.15) is 0 Å². The summed E-state index contributed by atoms with van der Waals surface area (Å²) >= 11 is 0. The molecule has 14 heavy (non-hydrogen) atoms. The van der Waals surface area contributed by atoms with Crippen molar-refractivity contribution in [1.82, 2.24) is 0 Å².